The molecule has 0 heterocycles. The van der Waals surface area contributed by atoms with E-state index in [-0.39, 0.29) is 5.82 Å². The minimum Gasteiger partial charge on any atom is -0.389 e. The Hall–Kier alpha value is -1.67. The lowest BCUT2D eigenvalue weighted by Gasteiger charge is -2.09. The van der Waals surface area contributed by atoms with Crippen molar-refractivity contribution >= 4 is 0 Å². The Morgan fingerprint density at radius 3 is 2.41 bits per heavy atom. The molecule has 2 rings (SSSR count). The molecule has 2 aromatic rings. The first kappa shape index (κ1) is 11.8. The highest BCUT2D eigenvalue weighted by molar-refractivity contribution is 5.31. The van der Waals surface area contributed by atoms with Crippen LogP contribution in [-0.2, 0) is 6.42 Å². The second-order valence-electron chi connectivity index (χ2n) is 4.19. The topological polar surface area (TPSA) is 20.2 Å². The van der Waals surface area contributed by atoms with Crippen molar-refractivity contribution < 1.29 is 9.50 Å². The van der Waals surface area contributed by atoms with Crippen molar-refractivity contribution in [2.75, 3.05) is 0 Å². The summed E-state index contributed by atoms with van der Waals surface area (Å²) in [5.41, 5.74) is 2.54. The number of aliphatic hydroxyl groups is 1. The average Bonchev–Trinajstić information content (AvgIpc) is 2.32. The van der Waals surface area contributed by atoms with Gasteiger partial charge in [-0.25, -0.2) is 4.39 Å². The van der Waals surface area contributed by atoms with Crippen molar-refractivity contribution in [3.05, 3.63) is 71.0 Å². The third kappa shape index (κ3) is 2.92. The molecule has 1 atom stereocenters. The summed E-state index contributed by atoms with van der Waals surface area (Å²) in [5.74, 6) is -0.350. The van der Waals surface area contributed by atoms with Gasteiger partial charge in [-0.1, -0.05) is 36.4 Å². The van der Waals surface area contributed by atoms with E-state index in [1.807, 2.05) is 30.3 Å². The lowest BCUT2D eigenvalue weighted by Crippen LogP contribution is -1.98. The predicted molar refractivity (Wildman–Crippen MR) is 66.3 cm³/mol. The van der Waals surface area contributed by atoms with E-state index in [9.17, 15) is 9.50 Å². The summed E-state index contributed by atoms with van der Waals surface area (Å²) in [5, 5.41) is 9.46. The highest BCUT2D eigenvalue weighted by Gasteiger charge is 2.08. The molecule has 1 unspecified atom stereocenters. The third-order valence-corrected chi connectivity index (χ3v) is 2.76. The van der Waals surface area contributed by atoms with E-state index < -0.39 is 6.10 Å². The first-order chi connectivity index (χ1) is 8.16. The number of benzene rings is 2. The molecule has 0 radical (unpaired) electrons. The van der Waals surface area contributed by atoms with E-state index in [1.54, 1.807) is 19.1 Å². The van der Waals surface area contributed by atoms with Crippen molar-refractivity contribution in [2.45, 2.75) is 19.4 Å². The smallest absolute Gasteiger partial charge is 0.129 e. The Balaban J connectivity index is 2.26. The van der Waals surface area contributed by atoms with E-state index in [0.717, 1.165) is 12.0 Å². The largest absolute Gasteiger partial charge is 0.389 e. The quantitative estimate of drug-likeness (QED) is 0.856. The summed E-state index contributed by atoms with van der Waals surface area (Å²) in [6.07, 6.45) is -0.0216. The van der Waals surface area contributed by atoms with Gasteiger partial charge >= 0.3 is 0 Å². The standard InChI is InChI=1S/C15H15FO/c1-11(17)14-10-13(7-8-15(14)16)9-12-5-3-2-4-6-12/h2-8,10-11,17H,9H2,1H3. The minimum absolute atomic E-state index is 0.350. The summed E-state index contributed by atoms with van der Waals surface area (Å²) in [6.45, 7) is 1.57. The van der Waals surface area contributed by atoms with Gasteiger partial charge in [0.15, 0.2) is 0 Å². The number of rotatable bonds is 3. The zero-order valence-electron chi connectivity index (χ0n) is 9.73. The summed E-state index contributed by atoms with van der Waals surface area (Å²) >= 11 is 0. The zero-order valence-corrected chi connectivity index (χ0v) is 9.73. The molecular weight excluding hydrogens is 215 g/mol. The van der Waals surface area contributed by atoms with Gasteiger partial charge in [0, 0.05) is 5.56 Å². The predicted octanol–water partition coefficient (Wildman–Crippen LogP) is 3.47. The van der Waals surface area contributed by atoms with Crippen LogP contribution >= 0.6 is 0 Å². The van der Waals surface area contributed by atoms with Gasteiger partial charge in [-0.05, 0) is 36.6 Å². The molecule has 0 saturated heterocycles. The van der Waals surface area contributed by atoms with Crippen LogP contribution in [0.3, 0.4) is 0 Å². The SMILES string of the molecule is CC(O)c1cc(Cc2ccccc2)ccc1F. The molecular formula is C15H15FO. The van der Waals surface area contributed by atoms with Gasteiger partial charge in [-0.3, -0.25) is 0 Å². The molecule has 0 amide bonds. The van der Waals surface area contributed by atoms with Crippen LogP contribution in [0.25, 0.3) is 0 Å². The molecule has 0 fully saturated rings. The molecule has 0 saturated carbocycles. The molecule has 0 bridgehead atoms. The van der Waals surface area contributed by atoms with Gasteiger partial charge in [0.25, 0.3) is 0 Å². The van der Waals surface area contributed by atoms with Crippen molar-refractivity contribution in [2.24, 2.45) is 0 Å². The fourth-order valence-electron chi connectivity index (χ4n) is 1.85. The molecule has 2 heteroatoms. The van der Waals surface area contributed by atoms with E-state index in [0.29, 0.717) is 5.56 Å². The van der Waals surface area contributed by atoms with E-state index in [4.69, 9.17) is 0 Å². The second kappa shape index (κ2) is 5.11. The van der Waals surface area contributed by atoms with E-state index in [2.05, 4.69) is 0 Å². The normalized spacial score (nSPS) is 12.4. The van der Waals surface area contributed by atoms with Crippen molar-refractivity contribution in [3.63, 3.8) is 0 Å². The lowest BCUT2D eigenvalue weighted by atomic mass is 10.0. The van der Waals surface area contributed by atoms with Crippen molar-refractivity contribution in [1.29, 1.82) is 0 Å². The molecule has 0 aliphatic heterocycles. The van der Waals surface area contributed by atoms with Crippen LogP contribution in [-0.4, -0.2) is 5.11 Å². The average molecular weight is 230 g/mol. The lowest BCUT2D eigenvalue weighted by molar-refractivity contribution is 0.194. The first-order valence-electron chi connectivity index (χ1n) is 5.67. The molecule has 0 spiro atoms. The Morgan fingerprint density at radius 1 is 1.06 bits per heavy atom. The van der Waals surface area contributed by atoms with E-state index in [1.165, 1.54) is 11.6 Å². The molecule has 17 heavy (non-hydrogen) atoms. The molecule has 88 valence electrons. The molecule has 1 nitrogen and oxygen atoms in total. The first-order valence-corrected chi connectivity index (χ1v) is 5.67. The highest BCUT2D eigenvalue weighted by Crippen LogP contribution is 2.19. The Labute approximate surface area is 101 Å². The Kier molecular flexibility index (Phi) is 3.55. The summed E-state index contributed by atoms with van der Waals surface area (Å²) < 4.78 is 13.4. The summed E-state index contributed by atoms with van der Waals surface area (Å²) in [6, 6.07) is 14.9. The van der Waals surface area contributed by atoms with Crippen LogP contribution < -0.4 is 0 Å². The molecule has 0 aromatic heterocycles. The van der Waals surface area contributed by atoms with Gasteiger partial charge < -0.3 is 5.11 Å². The van der Waals surface area contributed by atoms with Gasteiger partial charge in [-0.15, -0.1) is 0 Å². The molecule has 2 aromatic carbocycles. The minimum atomic E-state index is -0.772. The van der Waals surface area contributed by atoms with Gasteiger partial charge in [-0.2, -0.15) is 0 Å². The number of halogens is 1. The van der Waals surface area contributed by atoms with Crippen LogP contribution in [0.15, 0.2) is 48.5 Å². The van der Waals surface area contributed by atoms with Crippen LogP contribution in [0.4, 0.5) is 4.39 Å². The van der Waals surface area contributed by atoms with E-state index >= 15 is 0 Å². The van der Waals surface area contributed by atoms with Gasteiger partial charge in [0.2, 0.25) is 0 Å². The summed E-state index contributed by atoms with van der Waals surface area (Å²) in [4.78, 5) is 0. The van der Waals surface area contributed by atoms with Crippen LogP contribution in [0, 0.1) is 5.82 Å². The fourth-order valence-corrected chi connectivity index (χ4v) is 1.85. The number of aliphatic hydroxyl groups excluding tert-OH is 1. The second-order valence-corrected chi connectivity index (χ2v) is 4.19. The van der Waals surface area contributed by atoms with Gasteiger partial charge in [0.1, 0.15) is 5.82 Å². The van der Waals surface area contributed by atoms with Gasteiger partial charge in [0.05, 0.1) is 6.10 Å². The highest BCUT2D eigenvalue weighted by atomic mass is 19.1. The number of hydrogen-bond donors (Lipinski definition) is 1. The maximum Gasteiger partial charge on any atom is 0.129 e. The third-order valence-electron chi connectivity index (χ3n) is 2.76. The maximum atomic E-state index is 13.4. The number of hydrogen-bond acceptors (Lipinski definition) is 1. The van der Waals surface area contributed by atoms with Crippen LogP contribution in [0.5, 0.6) is 0 Å². The summed E-state index contributed by atoms with van der Waals surface area (Å²) in [7, 11) is 0. The monoisotopic (exact) mass is 230 g/mol. The Morgan fingerprint density at radius 2 is 1.76 bits per heavy atom. The van der Waals surface area contributed by atoms with Crippen molar-refractivity contribution in [1.82, 2.24) is 0 Å². The Bertz CT molecular complexity index is 492. The zero-order chi connectivity index (χ0) is 12.3. The van der Waals surface area contributed by atoms with Crippen molar-refractivity contribution in [3.8, 4) is 0 Å². The molecule has 0 aliphatic rings. The molecule has 0 aliphatic carbocycles. The van der Waals surface area contributed by atoms with Crippen LogP contribution in [0.1, 0.15) is 29.7 Å². The fraction of sp³-hybridized carbons (Fsp3) is 0.200. The molecule has 1 N–H and O–H groups in total. The van der Waals surface area contributed by atoms with Crippen LogP contribution in [0.2, 0.25) is 0 Å². The maximum absolute atomic E-state index is 13.4.